The monoisotopic (exact) mass is 333 g/mol. The first-order valence-corrected chi connectivity index (χ1v) is 9.75. The minimum Gasteiger partial charge on any atom is -0.480 e. The molecule has 128 valence electrons. The van der Waals surface area contributed by atoms with Gasteiger partial charge in [-0.25, -0.2) is 13.2 Å². The molecule has 1 saturated carbocycles. The van der Waals surface area contributed by atoms with E-state index in [1.165, 1.54) is 0 Å². The SMILES string of the molecule is CCCC(CCC)S(=O)(=O)C[C@H](NC(=O)CC1CC1)C(=O)O. The van der Waals surface area contributed by atoms with Crippen LogP contribution in [0.25, 0.3) is 0 Å². The predicted octanol–water partition coefficient (Wildman–Crippen LogP) is 1.74. The molecule has 0 bridgehead atoms. The maximum Gasteiger partial charge on any atom is 0.327 e. The van der Waals surface area contributed by atoms with Crippen molar-refractivity contribution in [1.82, 2.24) is 5.32 Å². The number of sulfone groups is 1. The first-order chi connectivity index (χ1) is 10.3. The Labute approximate surface area is 132 Å². The van der Waals surface area contributed by atoms with Crippen molar-refractivity contribution in [2.45, 2.75) is 70.1 Å². The molecular weight excluding hydrogens is 306 g/mol. The number of aliphatic carboxylic acids is 1. The van der Waals surface area contributed by atoms with Crippen LogP contribution in [0.5, 0.6) is 0 Å². The Morgan fingerprint density at radius 2 is 1.73 bits per heavy atom. The third-order valence-corrected chi connectivity index (χ3v) is 6.22. The van der Waals surface area contributed by atoms with Gasteiger partial charge < -0.3 is 10.4 Å². The predicted molar refractivity (Wildman–Crippen MR) is 84.3 cm³/mol. The molecule has 0 saturated heterocycles. The maximum atomic E-state index is 12.4. The second-order valence-corrected chi connectivity index (χ2v) is 8.46. The van der Waals surface area contributed by atoms with E-state index in [1.54, 1.807) is 0 Å². The van der Waals surface area contributed by atoms with Crippen LogP contribution in [0.2, 0.25) is 0 Å². The van der Waals surface area contributed by atoms with Gasteiger partial charge in [0.2, 0.25) is 5.91 Å². The summed E-state index contributed by atoms with van der Waals surface area (Å²) in [6, 6.07) is -1.35. The molecule has 1 aliphatic rings. The van der Waals surface area contributed by atoms with Gasteiger partial charge in [-0.1, -0.05) is 26.7 Å². The number of carboxylic acids is 1. The Morgan fingerprint density at radius 3 is 2.14 bits per heavy atom. The molecule has 0 unspecified atom stereocenters. The van der Waals surface area contributed by atoms with E-state index in [-0.39, 0.29) is 12.3 Å². The molecule has 0 aliphatic heterocycles. The zero-order valence-corrected chi connectivity index (χ0v) is 14.2. The lowest BCUT2D eigenvalue weighted by Crippen LogP contribution is -2.47. The van der Waals surface area contributed by atoms with Crippen LogP contribution in [0.1, 0.15) is 58.8 Å². The number of amides is 1. The molecule has 0 heterocycles. The topological polar surface area (TPSA) is 101 Å². The number of rotatable bonds is 11. The average molecular weight is 333 g/mol. The molecule has 1 amide bonds. The number of carboxylic acid groups (broad SMARTS) is 1. The van der Waals surface area contributed by atoms with Crippen LogP contribution >= 0.6 is 0 Å². The highest BCUT2D eigenvalue weighted by Gasteiger charge is 2.33. The van der Waals surface area contributed by atoms with Crippen molar-refractivity contribution >= 4 is 21.7 Å². The smallest absolute Gasteiger partial charge is 0.327 e. The Hall–Kier alpha value is -1.11. The third-order valence-electron chi connectivity index (χ3n) is 3.93. The molecular formula is C15H27NO5S. The lowest BCUT2D eigenvalue weighted by atomic mass is 10.2. The molecule has 0 aromatic carbocycles. The van der Waals surface area contributed by atoms with E-state index in [9.17, 15) is 23.1 Å². The first-order valence-electron chi connectivity index (χ1n) is 8.03. The lowest BCUT2D eigenvalue weighted by Gasteiger charge is -2.20. The Balaban J connectivity index is 2.69. The third kappa shape index (κ3) is 6.34. The van der Waals surface area contributed by atoms with Crippen LogP contribution in [-0.2, 0) is 19.4 Å². The van der Waals surface area contributed by atoms with Gasteiger partial charge in [-0.05, 0) is 31.6 Å². The summed E-state index contributed by atoms with van der Waals surface area (Å²) in [7, 11) is -3.54. The van der Waals surface area contributed by atoms with Gasteiger partial charge in [0.25, 0.3) is 0 Å². The molecule has 7 heteroatoms. The molecule has 0 spiro atoms. The number of hydrogen-bond acceptors (Lipinski definition) is 4. The molecule has 0 aromatic heterocycles. The van der Waals surface area contributed by atoms with E-state index in [1.807, 2.05) is 13.8 Å². The van der Waals surface area contributed by atoms with Crippen LogP contribution in [0.3, 0.4) is 0 Å². The van der Waals surface area contributed by atoms with Crippen molar-refractivity contribution in [2.24, 2.45) is 5.92 Å². The van der Waals surface area contributed by atoms with Crippen molar-refractivity contribution in [3.8, 4) is 0 Å². The lowest BCUT2D eigenvalue weighted by molar-refractivity contribution is -0.141. The number of carbonyl (C=O) groups is 2. The fourth-order valence-corrected chi connectivity index (χ4v) is 4.68. The molecule has 0 radical (unpaired) electrons. The quantitative estimate of drug-likeness (QED) is 0.600. The molecule has 2 N–H and O–H groups in total. The molecule has 1 atom stereocenters. The summed E-state index contributed by atoms with van der Waals surface area (Å²) in [6.07, 6.45) is 4.77. The fraction of sp³-hybridized carbons (Fsp3) is 0.867. The molecule has 22 heavy (non-hydrogen) atoms. The van der Waals surface area contributed by atoms with Gasteiger partial charge in [0.15, 0.2) is 9.84 Å². The van der Waals surface area contributed by atoms with Gasteiger partial charge >= 0.3 is 5.97 Å². The van der Waals surface area contributed by atoms with Gasteiger partial charge in [0.1, 0.15) is 6.04 Å². The number of hydrogen-bond donors (Lipinski definition) is 2. The maximum absolute atomic E-state index is 12.4. The van der Waals surface area contributed by atoms with Gasteiger partial charge in [0, 0.05) is 6.42 Å². The summed E-state index contributed by atoms with van der Waals surface area (Å²) < 4.78 is 24.9. The fourth-order valence-electron chi connectivity index (χ4n) is 2.53. The zero-order chi connectivity index (χ0) is 16.8. The summed E-state index contributed by atoms with van der Waals surface area (Å²) in [6.45, 7) is 3.81. The van der Waals surface area contributed by atoms with Gasteiger partial charge in [-0.3, -0.25) is 4.79 Å². The van der Waals surface area contributed by atoms with Crippen LogP contribution in [0.4, 0.5) is 0 Å². The molecule has 6 nitrogen and oxygen atoms in total. The van der Waals surface area contributed by atoms with Gasteiger partial charge in [0.05, 0.1) is 11.0 Å². The van der Waals surface area contributed by atoms with E-state index in [0.29, 0.717) is 18.8 Å². The van der Waals surface area contributed by atoms with Crippen LogP contribution < -0.4 is 5.32 Å². The number of carbonyl (C=O) groups excluding carboxylic acids is 1. The Bertz CT molecular complexity index is 478. The number of nitrogens with one attached hydrogen (secondary N) is 1. The van der Waals surface area contributed by atoms with Crippen LogP contribution in [0, 0.1) is 5.92 Å². The second kappa shape index (κ2) is 8.50. The van der Waals surface area contributed by atoms with E-state index in [0.717, 1.165) is 25.7 Å². The summed E-state index contributed by atoms with van der Waals surface area (Å²) in [4.78, 5) is 23.0. The van der Waals surface area contributed by atoms with Crippen LogP contribution in [-0.4, -0.2) is 42.4 Å². The minimum absolute atomic E-state index is 0.289. The van der Waals surface area contributed by atoms with E-state index < -0.39 is 32.9 Å². The summed E-state index contributed by atoms with van der Waals surface area (Å²) in [5.74, 6) is -1.85. The zero-order valence-electron chi connectivity index (χ0n) is 13.4. The van der Waals surface area contributed by atoms with Gasteiger partial charge in [-0.2, -0.15) is 0 Å². The van der Waals surface area contributed by atoms with Crippen LogP contribution in [0.15, 0.2) is 0 Å². The summed E-state index contributed by atoms with van der Waals surface area (Å²) in [5.41, 5.74) is 0. The molecule has 1 fully saturated rings. The molecule has 1 rings (SSSR count). The first kappa shape index (κ1) is 18.9. The van der Waals surface area contributed by atoms with E-state index >= 15 is 0 Å². The highest BCUT2D eigenvalue weighted by atomic mass is 32.2. The highest BCUT2D eigenvalue weighted by molar-refractivity contribution is 7.92. The van der Waals surface area contributed by atoms with E-state index in [4.69, 9.17) is 0 Å². The Kier molecular flexibility index (Phi) is 7.32. The van der Waals surface area contributed by atoms with Crippen molar-refractivity contribution in [3.63, 3.8) is 0 Å². The standard InChI is InChI=1S/C15H27NO5S/c1-3-5-12(6-4-2)22(20,21)10-13(15(18)19)16-14(17)9-11-7-8-11/h11-13H,3-10H2,1-2H3,(H,16,17)(H,18,19)/t13-/m0/s1. The van der Waals surface area contributed by atoms with Crippen molar-refractivity contribution in [2.75, 3.05) is 5.75 Å². The summed E-state index contributed by atoms with van der Waals surface area (Å²) >= 11 is 0. The molecule has 0 aromatic rings. The van der Waals surface area contributed by atoms with Gasteiger partial charge in [-0.15, -0.1) is 0 Å². The minimum atomic E-state index is -3.54. The molecule has 1 aliphatic carbocycles. The van der Waals surface area contributed by atoms with Crippen molar-refractivity contribution < 1.29 is 23.1 Å². The van der Waals surface area contributed by atoms with E-state index in [2.05, 4.69) is 5.32 Å². The Morgan fingerprint density at radius 1 is 1.18 bits per heavy atom. The highest BCUT2D eigenvalue weighted by Crippen LogP contribution is 2.32. The second-order valence-electron chi connectivity index (χ2n) is 6.13. The average Bonchev–Trinajstić information content (AvgIpc) is 3.21. The normalized spacial score (nSPS) is 16.5. The summed E-state index contributed by atoms with van der Waals surface area (Å²) in [5, 5.41) is 11.0. The largest absolute Gasteiger partial charge is 0.480 e. The van der Waals surface area contributed by atoms with Crippen molar-refractivity contribution in [1.29, 1.82) is 0 Å². The van der Waals surface area contributed by atoms with Crippen molar-refractivity contribution in [3.05, 3.63) is 0 Å².